The fourth-order valence-corrected chi connectivity index (χ4v) is 14.1. The van der Waals surface area contributed by atoms with Gasteiger partial charge in [0.05, 0.1) is 73.6 Å². The minimum absolute atomic E-state index is 0.00937. The number of ketones is 1. The van der Waals surface area contributed by atoms with Crippen molar-refractivity contribution in [2.75, 3.05) is 67.1 Å². The lowest BCUT2D eigenvalue weighted by molar-refractivity contribution is 0.00834. The van der Waals surface area contributed by atoms with E-state index in [-0.39, 0.29) is 96.5 Å². The van der Waals surface area contributed by atoms with E-state index in [9.17, 15) is 63.8 Å². The Morgan fingerprint density at radius 1 is 0.602 bits per heavy atom. The van der Waals surface area contributed by atoms with E-state index in [0.717, 1.165) is 35.9 Å². The summed E-state index contributed by atoms with van der Waals surface area (Å²) in [6, 6.07) is 26.7. The average Bonchev–Trinajstić information content (AvgIpc) is 0.806. The maximum atomic E-state index is 14.2. The molecule has 0 unspecified atom stereocenters. The van der Waals surface area contributed by atoms with Gasteiger partial charge in [0.15, 0.2) is 5.78 Å². The Morgan fingerprint density at radius 3 is 1.53 bits per heavy atom. The molecule has 0 saturated carbocycles. The largest absolute Gasteiger partial charge is 0.497 e. The van der Waals surface area contributed by atoms with E-state index >= 15 is 0 Å². The van der Waals surface area contributed by atoms with Gasteiger partial charge in [-0.05, 0) is 186 Å². The smallest absolute Gasteiger partial charge is 0.410 e. The summed E-state index contributed by atoms with van der Waals surface area (Å²) in [6.07, 6.45) is -1.52. The minimum Gasteiger partial charge on any atom is -0.497 e. The van der Waals surface area contributed by atoms with Gasteiger partial charge in [-0.3, -0.25) is 23.0 Å². The van der Waals surface area contributed by atoms with Gasteiger partial charge in [0, 0.05) is 67.1 Å². The van der Waals surface area contributed by atoms with Gasteiger partial charge in [0.1, 0.15) is 47.0 Å². The first-order valence-corrected chi connectivity index (χ1v) is 35.3. The number of halogens is 4. The van der Waals surface area contributed by atoms with Crippen molar-refractivity contribution >= 4 is 60.8 Å². The van der Waals surface area contributed by atoms with Crippen LogP contribution in [0, 0.1) is 29.2 Å². The molecule has 21 nitrogen and oxygen atoms in total. The van der Waals surface area contributed by atoms with Crippen LogP contribution in [0.25, 0.3) is 0 Å². The number of hydrogen-bond acceptors (Lipinski definition) is 16. The fraction of sp³-hybridized carbons (Fsp3) is 0.423. The van der Waals surface area contributed by atoms with Crippen molar-refractivity contribution in [1.82, 2.24) is 20.9 Å². The highest BCUT2D eigenvalue weighted by atomic mass is 32.2. The zero-order valence-corrected chi connectivity index (χ0v) is 58.1. The number of ether oxygens (including phenoxy) is 3. The lowest BCUT2D eigenvalue weighted by Gasteiger charge is -2.32. The number of benzene rings is 6. The highest BCUT2D eigenvalue weighted by Crippen LogP contribution is 2.30. The lowest BCUT2D eigenvalue weighted by atomic mass is 9.99. The standard InChI is InChI=1S/C36H43F2N3O8S.C35H44F2N4O6S/c1-23(42)26-17-27(19-30(18-26)41-11-6-7-12-50(41,46)47)34(44)39-32(16-25-13-28(37)20-29(38)14-25)33(43)22-40(35(45)49-36(2,3)4)21-24-9-8-10-31(15-24)48-5;1-23(2)22-47-40-24(3)27-16-28(18-31(17-27)41-10-5-6-11-48(41,44)45)35(43)39-33(15-26-12-29(36)19-30(37)13-26)34(42)21-38-20-25-8-7-9-32(14-25)46-4/h8-10,13-15,17-20,32-33,43H,6-7,11-12,16,21-22H2,1-5H3,(H,39,44);7-9,12-14,16-19,23,33-34,38,42H,5-6,10-11,15,20-22H2,1-4H3,(H,39,43)/b;40-24+/t32-,33+;33-,34+/m00/s1. The van der Waals surface area contributed by atoms with Crippen LogP contribution in [0.2, 0.25) is 0 Å². The van der Waals surface area contributed by atoms with Crippen LogP contribution in [0.15, 0.2) is 126 Å². The first-order valence-electron chi connectivity index (χ1n) is 32.1. The summed E-state index contributed by atoms with van der Waals surface area (Å²) in [7, 11) is -4.23. The van der Waals surface area contributed by atoms with Crippen molar-refractivity contribution in [3.05, 3.63) is 189 Å². The van der Waals surface area contributed by atoms with Gasteiger partial charge in [-0.25, -0.2) is 39.2 Å². The van der Waals surface area contributed by atoms with Gasteiger partial charge in [0.2, 0.25) is 20.0 Å². The van der Waals surface area contributed by atoms with Gasteiger partial charge >= 0.3 is 6.09 Å². The number of sulfonamides is 2. The second-order valence-corrected chi connectivity index (χ2v) is 29.6. The molecule has 6 aromatic carbocycles. The van der Waals surface area contributed by atoms with E-state index in [4.69, 9.17) is 19.0 Å². The SMILES string of the molecule is COc1cccc(CN(C[C@@H](O)[C@H](Cc2cc(F)cc(F)c2)NC(=O)c2cc(C(C)=O)cc(N3CCCCS3(=O)=O)c2)C(=O)OC(C)(C)C)c1.COc1cccc(CNC[C@@H](O)[C@H](Cc2cc(F)cc(F)c2)NC(=O)c2cc(/C(C)=N/OCC(C)C)cc(N3CCCCS3(=O)=O)c2)c1. The first-order chi connectivity index (χ1) is 46.3. The highest BCUT2D eigenvalue weighted by Gasteiger charge is 2.33. The number of nitrogens with zero attached hydrogens (tertiary/aromatic N) is 4. The van der Waals surface area contributed by atoms with E-state index in [1.165, 1.54) is 51.8 Å². The minimum atomic E-state index is -3.69. The highest BCUT2D eigenvalue weighted by molar-refractivity contribution is 7.93. The number of rotatable bonds is 27. The van der Waals surface area contributed by atoms with E-state index in [2.05, 4.69) is 21.1 Å². The summed E-state index contributed by atoms with van der Waals surface area (Å²) in [5, 5.41) is 35.8. The number of Topliss-reactive ketones (excluding diaryl/α,β-unsaturated/α-hetero) is 1. The molecule has 5 N–H and O–H groups in total. The number of amides is 3. The molecule has 2 aliphatic rings. The fourth-order valence-electron chi connectivity index (χ4n) is 10.9. The Kier molecular flexibility index (Phi) is 27.2. The number of aliphatic hydroxyl groups excluding tert-OH is 2. The summed E-state index contributed by atoms with van der Waals surface area (Å²) < 4.78 is 127. The lowest BCUT2D eigenvalue weighted by Crippen LogP contribution is -2.51. The number of carbonyl (C=O) groups excluding carboxylic acids is 4. The Morgan fingerprint density at radius 2 is 1.06 bits per heavy atom. The number of nitrogens with one attached hydrogen (secondary N) is 3. The number of aliphatic hydroxyl groups is 2. The van der Waals surface area contributed by atoms with Crippen molar-refractivity contribution in [1.29, 1.82) is 0 Å². The third kappa shape index (κ3) is 23.0. The molecular weight excluding hydrogens is 1310 g/mol. The second kappa shape index (κ2) is 34.7. The Labute approximate surface area is 570 Å². The molecule has 27 heteroatoms. The Balaban J connectivity index is 0.000000276. The van der Waals surface area contributed by atoms with Crippen molar-refractivity contribution in [3.8, 4) is 11.5 Å². The van der Waals surface area contributed by atoms with Crippen LogP contribution >= 0.6 is 0 Å². The first kappa shape index (κ1) is 76.7. The van der Waals surface area contributed by atoms with Crippen molar-refractivity contribution in [3.63, 3.8) is 0 Å². The Bertz CT molecular complexity index is 4000. The van der Waals surface area contributed by atoms with Crippen molar-refractivity contribution in [2.45, 2.75) is 130 Å². The van der Waals surface area contributed by atoms with Crippen LogP contribution in [0.3, 0.4) is 0 Å². The topological polar surface area (TPSA) is 272 Å². The van der Waals surface area contributed by atoms with Crippen LogP contribution in [-0.4, -0.2) is 150 Å². The molecule has 0 radical (unpaired) electrons. The van der Waals surface area contributed by atoms with E-state index < -0.39 is 96.9 Å². The van der Waals surface area contributed by atoms with E-state index in [0.29, 0.717) is 78.9 Å². The predicted molar refractivity (Wildman–Crippen MR) is 366 cm³/mol. The molecule has 2 saturated heterocycles. The molecule has 4 atom stereocenters. The number of carbonyl (C=O) groups is 4. The molecule has 8 rings (SSSR count). The summed E-state index contributed by atoms with van der Waals surface area (Å²) in [5.41, 5.74) is 2.52. The summed E-state index contributed by atoms with van der Waals surface area (Å²) in [5.74, 6) is -3.76. The molecule has 2 heterocycles. The third-order valence-corrected chi connectivity index (χ3v) is 19.5. The molecular formula is C71H87F4N7O14S2. The van der Waals surface area contributed by atoms with Crippen LogP contribution in [0.1, 0.15) is 133 Å². The second-order valence-electron chi connectivity index (χ2n) is 25.6. The number of hydrogen-bond donors (Lipinski definition) is 5. The summed E-state index contributed by atoms with van der Waals surface area (Å²) in [4.78, 5) is 60.3. The Hall–Kier alpha value is -8.63. The summed E-state index contributed by atoms with van der Waals surface area (Å²) in [6.45, 7) is 12.8. The molecule has 0 aromatic heterocycles. The number of methoxy groups -OCH3 is 2. The van der Waals surface area contributed by atoms with Gasteiger partial charge in [-0.15, -0.1) is 0 Å². The number of anilines is 2. The van der Waals surface area contributed by atoms with Gasteiger partial charge in [0.25, 0.3) is 11.8 Å². The molecule has 0 spiro atoms. The maximum absolute atomic E-state index is 14.2. The molecule has 2 aliphatic heterocycles. The van der Waals surface area contributed by atoms with Crippen LogP contribution in [0.4, 0.5) is 33.7 Å². The molecule has 6 aromatic rings. The normalized spacial score (nSPS) is 15.7. The van der Waals surface area contributed by atoms with Crippen molar-refractivity contribution < 1.29 is 82.8 Å². The van der Waals surface area contributed by atoms with Crippen LogP contribution in [-0.2, 0) is 55.6 Å². The van der Waals surface area contributed by atoms with Crippen molar-refractivity contribution in [2.24, 2.45) is 11.1 Å². The molecule has 0 aliphatic carbocycles. The maximum Gasteiger partial charge on any atom is 0.410 e. The number of oxime groups is 1. The monoisotopic (exact) mass is 1400 g/mol. The third-order valence-electron chi connectivity index (χ3n) is 15.8. The predicted octanol–water partition coefficient (Wildman–Crippen LogP) is 10.0. The molecule has 2 fully saturated rings. The zero-order chi connectivity index (χ0) is 71.6. The quantitative estimate of drug-likeness (QED) is 0.0139. The van der Waals surface area contributed by atoms with Gasteiger partial charge in [-0.2, -0.15) is 0 Å². The van der Waals surface area contributed by atoms with Gasteiger partial charge in [-0.1, -0.05) is 43.3 Å². The average molecular weight is 1400 g/mol. The van der Waals surface area contributed by atoms with Crippen LogP contribution < -0.4 is 34.0 Å². The zero-order valence-electron chi connectivity index (χ0n) is 56.5. The molecule has 530 valence electrons. The molecule has 98 heavy (non-hydrogen) atoms. The molecule has 0 bridgehead atoms. The summed E-state index contributed by atoms with van der Waals surface area (Å²) >= 11 is 0. The van der Waals surface area contributed by atoms with E-state index in [1.54, 1.807) is 71.2 Å². The van der Waals surface area contributed by atoms with E-state index in [1.807, 2.05) is 38.1 Å². The van der Waals surface area contributed by atoms with Crippen LogP contribution in [0.5, 0.6) is 11.5 Å². The molecule has 3 amide bonds. The van der Waals surface area contributed by atoms with Gasteiger partial charge < -0.3 is 50.1 Å².